The van der Waals surface area contributed by atoms with Gasteiger partial charge in [-0.25, -0.2) is 8.42 Å². The van der Waals surface area contributed by atoms with E-state index in [1.54, 1.807) is 18.2 Å². The molecule has 1 aliphatic heterocycles. The maximum Gasteiger partial charge on any atom is 0.226 e. The summed E-state index contributed by atoms with van der Waals surface area (Å²) in [6.45, 7) is 1.54. The largest absolute Gasteiger partial charge is 0.338 e. The Labute approximate surface area is 151 Å². The summed E-state index contributed by atoms with van der Waals surface area (Å²) in [7, 11) is -3.09. The van der Waals surface area contributed by atoms with Crippen LogP contribution in [-0.4, -0.2) is 49.2 Å². The molecule has 132 valence electrons. The smallest absolute Gasteiger partial charge is 0.226 e. The molecule has 1 fully saturated rings. The van der Waals surface area contributed by atoms with Crippen molar-refractivity contribution in [3.63, 3.8) is 0 Å². The number of carbonyl (C=O) groups is 2. The summed E-state index contributed by atoms with van der Waals surface area (Å²) in [4.78, 5) is 25.3. The number of nitrogens with zero attached hydrogens (tertiary/aromatic N) is 1. The van der Waals surface area contributed by atoms with Crippen molar-refractivity contribution in [3.8, 4) is 0 Å². The molecule has 1 unspecified atom stereocenters. The fourth-order valence-corrected chi connectivity index (χ4v) is 4.95. The standard InChI is InChI=1S/C15H18Cl2N2O4S/c1-10(20)19(14-3-5-24(22,23)9-14)4-2-15(21)18-13-7-11(16)6-12(17)8-13/h6-8,14H,2-5,9H2,1H3,(H,18,21). The lowest BCUT2D eigenvalue weighted by Gasteiger charge is -2.26. The third kappa shape index (κ3) is 5.36. The van der Waals surface area contributed by atoms with Crippen LogP contribution in [-0.2, 0) is 19.4 Å². The van der Waals surface area contributed by atoms with Crippen LogP contribution in [0.3, 0.4) is 0 Å². The predicted octanol–water partition coefficient (Wildman–Crippen LogP) is 2.36. The Balaban J connectivity index is 1.94. The molecular formula is C15H18Cl2N2O4S. The number of sulfone groups is 1. The van der Waals surface area contributed by atoms with Crippen molar-refractivity contribution in [2.75, 3.05) is 23.4 Å². The van der Waals surface area contributed by atoms with E-state index in [9.17, 15) is 18.0 Å². The molecule has 0 saturated carbocycles. The minimum Gasteiger partial charge on any atom is -0.338 e. The van der Waals surface area contributed by atoms with Gasteiger partial charge in [0.1, 0.15) is 0 Å². The van der Waals surface area contributed by atoms with E-state index in [-0.39, 0.29) is 42.3 Å². The highest BCUT2D eigenvalue weighted by atomic mass is 35.5. The number of amides is 2. The Morgan fingerprint density at radius 1 is 1.25 bits per heavy atom. The normalized spacial score (nSPS) is 19.0. The molecule has 1 aromatic rings. The van der Waals surface area contributed by atoms with Gasteiger partial charge < -0.3 is 10.2 Å². The molecular weight excluding hydrogens is 375 g/mol. The van der Waals surface area contributed by atoms with E-state index in [1.165, 1.54) is 11.8 Å². The zero-order valence-electron chi connectivity index (χ0n) is 13.1. The van der Waals surface area contributed by atoms with Crippen LogP contribution >= 0.6 is 23.2 Å². The number of anilines is 1. The van der Waals surface area contributed by atoms with Gasteiger partial charge in [-0.1, -0.05) is 23.2 Å². The van der Waals surface area contributed by atoms with Crippen molar-refractivity contribution in [1.82, 2.24) is 4.90 Å². The van der Waals surface area contributed by atoms with E-state index in [0.29, 0.717) is 22.2 Å². The second kappa shape index (κ2) is 7.72. The van der Waals surface area contributed by atoms with Gasteiger partial charge in [0.25, 0.3) is 0 Å². The highest BCUT2D eigenvalue weighted by Gasteiger charge is 2.33. The first kappa shape index (κ1) is 19.0. The van der Waals surface area contributed by atoms with Crippen molar-refractivity contribution < 1.29 is 18.0 Å². The molecule has 1 heterocycles. The summed E-state index contributed by atoms with van der Waals surface area (Å²) in [5, 5.41) is 3.46. The van der Waals surface area contributed by atoms with Crippen LogP contribution < -0.4 is 5.32 Å². The van der Waals surface area contributed by atoms with Gasteiger partial charge in [0.2, 0.25) is 11.8 Å². The van der Waals surface area contributed by atoms with Crippen LogP contribution in [0.5, 0.6) is 0 Å². The highest BCUT2D eigenvalue weighted by molar-refractivity contribution is 7.91. The zero-order valence-corrected chi connectivity index (χ0v) is 15.4. The van der Waals surface area contributed by atoms with E-state index < -0.39 is 9.84 Å². The molecule has 1 aromatic carbocycles. The van der Waals surface area contributed by atoms with E-state index in [4.69, 9.17) is 23.2 Å². The minimum atomic E-state index is -3.09. The number of hydrogen-bond acceptors (Lipinski definition) is 4. The Hall–Kier alpha value is -1.31. The van der Waals surface area contributed by atoms with Crippen LogP contribution in [0.2, 0.25) is 10.0 Å². The SMILES string of the molecule is CC(=O)N(CCC(=O)Nc1cc(Cl)cc(Cl)c1)C1CCS(=O)(=O)C1. The van der Waals surface area contributed by atoms with E-state index in [0.717, 1.165) is 0 Å². The van der Waals surface area contributed by atoms with Gasteiger partial charge in [0.15, 0.2) is 9.84 Å². The molecule has 0 aliphatic carbocycles. The Bertz CT molecular complexity index is 732. The monoisotopic (exact) mass is 392 g/mol. The first-order valence-corrected chi connectivity index (χ1v) is 9.97. The molecule has 0 radical (unpaired) electrons. The van der Waals surface area contributed by atoms with Gasteiger partial charge in [0.05, 0.1) is 11.5 Å². The molecule has 2 rings (SSSR count). The average molecular weight is 393 g/mol. The Kier molecular flexibility index (Phi) is 6.11. The fraction of sp³-hybridized carbons (Fsp3) is 0.467. The summed E-state index contributed by atoms with van der Waals surface area (Å²) in [5.74, 6) is -0.511. The van der Waals surface area contributed by atoms with Crippen molar-refractivity contribution in [1.29, 1.82) is 0 Å². The second-order valence-corrected chi connectivity index (χ2v) is 8.83. The Morgan fingerprint density at radius 2 is 1.88 bits per heavy atom. The minimum absolute atomic E-state index is 0.0436. The van der Waals surface area contributed by atoms with Gasteiger partial charge >= 0.3 is 0 Å². The van der Waals surface area contributed by atoms with Crippen LogP contribution in [0, 0.1) is 0 Å². The summed E-state index contributed by atoms with van der Waals surface area (Å²) < 4.78 is 23.1. The van der Waals surface area contributed by atoms with E-state index in [2.05, 4.69) is 5.32 Å². The maximum absolute atomic E-state index is 12.1. The summed E-state index contributed by atoms with van der Waals surface area (Å²) in [5.41, 5.74) is 0.468. The number of nitrogens with one attached hydrogen (secondary N) is 1. The van der Waals surface area contributed by atoms with Crippen LogP contribution in [0.4, 0.5) is 5.69 Å². The van der Waals surface area contributed by atoms with E-state index >= 15 is 0 Å². The van der Waals surface area contributed by atoms with Crippen molar-refractivity contribution in [3.05, 3.63) is 28.2 Å². The molecule has 1 atom stereocenters. The van der Waals surface area contributed by atoms with Gasteiger partial charge in [0, 0.05) is 41.7 Å². The molecule has 9 heteroatoms. The molecule has 24 heavy (non-hydrogen) atoms. The summed E-state index contributed by atoms with van der Waals surface area (Å²) in [6.07, 6.45) is 0.466. The predicted molar refractivity (Wildman–Crippen MR) is 94.2 cm³/mol. The zero-order chi connectivity index (χ0) is 17.9. The maximum atomic E-state index is 12.1. The second-order valence-electron chi connectivity index (χ2n) is 5.73. The number of hydrogen-bond donors (Lipinski definition) is 1. The van der Waals surface area contributed by atoms with Crippen molar-refractivity contribution in [2.45, 2.75) is 25.8 Å². The summed E-state index contributed by atoms with van der Waals surface area (Å²) in [6, 6.07) is 4.33. The fourth-order valence-electron chi connectivity index (χ4n) is 2.69. The van der Waals surface area contributed by atoms with Crippen LogP contribution in [0.1, 0.15) is 19.8 Å². The van der Waals surface area contributed by atoms with Crippen molar-refractivity contribution >= 4 is 50.5 Å². The molecule has 1 N–H and O–H groups in total. The van der Waals surface area contributed by atoms with Crippen LogP contribution in [0.25, 0.3) is 0 Å². The van der Waals surface area contributed by atoms with Gasteiger partial charge in [-0.05, 0) is 24.6 Å². The Morgan fingerprint density at radius 3 is 2.38 bits per heavy atom. The van der Waals surface area contributed by atoms with E-state index in [1.807, 2.05) is 0 Å². The molecule has 1 aliphatic rings. The molecule has 0 aromatic heterocycles. The molecule has 0 spiro atoms. The molecule has 0 bridgehead atoms. The molecule has 2 amide bonds. The van der Waals surface area contributed by atoms with Crippen molar-refractivity contribution in [2.24, 2.45) is 0 Å². The first-order chi connectivity index (χ1) is 11.2. The number of rotatable bonds is 5. The third-order valence-electron chi connectivity index (χ3n) is 3.78. The molecule has 6 nitrogen and oxygen atoms in total. The molecule has 1 saturated heterocycles. The van der Waals surface area contributed by atoms with Crippen LogP contribution in [0.15, 0.2) is 18.2 Å². The topological polar surface area (TPSA) is 83.6 Å². The van der Waals surface area contributed by atoms with Gasteiger partial charge in [-0.2, -0.15) is 0 Å². The lowest BCUT2D eigenvalue weighted by molar-refractivity contribution is -0.131. The quantitative estimate of drug-likeness (QED) is 0.833. The lowest BCUT2D eigenvalue weighted by Crippen LogP contribution is -2.41. The summed E-state index contributed by atoms with van der Waals surface area (Å²) >= 11 is 11.7. The highest BCUT2D eigenvalue weighted by Crippen LogP contribution is 2.23. The number of benzene rings is 1. The third-order valence-corrected chi connectivity index (χ3v) is 5.97. The average Bonchev–Trinajstić information content (AvgIpc) is 2.77. The van der Waals surface area contributed by atoms with Gasteiger partial charge in [-0.3, -0.25) is 9.59 Å². The lowest BCUT2D eigenvalue weighted by atomic mass is 10.2. The number of carbonyl (C=O) groups excluding carboxylic acids is 2. The number of halogens is 2. The van der Waals surface area contributed by atoms with Gasteiger partial charge in [-0.15, -0.1) is 0 Å². The first-order valence-electron chi connectivity index (χ1n) is 7.40.